The van der Waals surface area contributed by atoms with Crippen LogP contribution in [0.5, 0.6) is 0 Å². The minimum atomic E-state index is -0.711. The van der Waals surface area contributed by atoms with Crippen LogP contribution < -0.4 is 5.73 Å². The molecule has 0 heterocycles. The number of nitrogens with two attached hydrogens (primary N) is 1. The Hall–Kier alpha value is -0.870. The van der Waals surface area contributed by atoms with Gasteiger partial charge in [0.05, 0.1) is 7.11 Å². The van der Waals surface area contributed by atoms with Crippen LogP contribution in [0.4, 0.5) is 0 Å². The predicted octanol–water partition coefficient (Wildman–Crippen LogP) is 1.93. The molecule has 0 amide bonds. The molecule has 1 atom stereocenters. The number of hydrogen-bond donors (Lipinski definition) is 1. The maximum Gasteiger partial charge on any atom is 0.327 e. The van der Waals surface area contributed by atoms with Gasteiger partial charge < -0.3 is 10.5 Å². The number of carbonyl (C=O) groups excluding carboxylic acids is 1. The van der Waals surface area contributed by atoms with E-state index in [0.29, 0.717) is 0 Å². The molecule has 0 spiro atoms. The first-order chi connectivity index (χ1) is 6.56. The van der Waals surface area contributed by atoms with Crippen molar-refractivity contribution in [2.75, 3.05) is 7.11 Å². The molecule has 3 nitrogen and oxygen atoms in total. The van der Waals surface area contributed by atoms with Gasteiger partial charge in [0.1, 0.15) is 6.04 Å². The highest BCUT2D eigenvalue weighted by molar-refractivity contribution is 9.10. The summed E-state index contributed by atoms with van der Waals surface area (Å²) in [4.78, 5) is 11.1. The van der Waals surface area contributed by atoms with Gasteiger partial charge in [-0.25, -0.2) is 0 Å². The molecule has 1 rings (SSSR count). The van der Waals surface area contributed by atoms with Crippen LogP contribution in [-0.2, 0) is 9.53 Å². The van der Waals surface area contributed by atoms with Crippen LogP contribution in [0.3, 0.4) is 0 Å². The molecule has 2 N–H and O–H groups in total. The fraction of sp³-hybridized carbons (Fsp3) is 0.300. The van der Waals surface area contributed by atoms with Crippen LogP contribution in [0.1, 0.15) is 17.2 Å². The maximum absolute atomic E-state index is 11.1. The van der Waals surface area contributed by atoms with Crippen LogP contribution in [-0.4, -0.2) is 13.1 Å². The second-order valence-electron chi connectivity index (χ2n) is 3.01. The normalized spacial score (nSPS) is 12.3. The Balaban J connectivity index is 2.96. The van der Waals surface area contributed by atoms with Crippen LogP contribution in [0.25, 0.3) is 0 Å². The van der Waals surface area contributed by atoms with Gasteiger partial charge in [0.15, 0.2) is 0 Å². The van der Waals surface area contributed by atoms with E-state index in [0.717, 1.165) is 15.6 Å². The highest BCUT2D eigenvalue weighted by Gasteiger charge is 2.16. The SMILES string of the molecule is COC(=O)[C@@H](N)c1ccc(C)c(Br)c1. The monoisotopic (exact) mass is 257 g/mol. The topological polar surface area (TPSA) is 52.3 Å². The van der Waals surface area contributed by atoms with Crippen molar-refractivity contribution in [2.24, 2.45) is 5.73 Å². The fourth-order valence-corrected chi connectivity index (χ4v) is 1.46. The molecule has 0 unspecified atom stereocenters. The summed E-state index contributed by atoms with van der Waals surface area (Å²) in [6.45, 7) is 1.97. The van der Waals surface area contributed by atoms with Gasteiger partial charge in [-0.05, 0) is 24.1 Å². The van der Waals surface area contributed by atoms with Crippen molar-refractivity contribution < 1.29 is 9.53 Å². The van der Waals surface area contributed by atoms with E-state index in [1.54, 1.807) is 0 Å². The zero-order valence-corrected chi connectivity index (χ0v) is 9.67. The van der Waals surface area contributed by atoms with Crippen molar-refractivity contribution in [3.8, 4) is 0 Å². The number of halogens is 1. The minimum Gasteiger partial charge on any atom is -0.468 e. The first-order valence-corrected chi connectivity index (χ1v) is 4.95. The van der Waals surface area contributed by atoms with Crippen molar-refractivity contribution in [1.29, 1.82) is 0 Å². The number of aryl methyl sites for hydroxylation is 1. The van der Waals surface area contributed by atoms with Crippen LogP contribution in [0.15, 0.2) is 22.7 Å². The Morgan fingerprint density at radius 1 is 1.57 bits per heavy atom. The molecule has 0 aliphatic heterocycles. The number of esters is 1. The summed E-state index contributed by atoms with van der Waals surface area (Å²) in [5.41, 5.74) is 7.52. The molecule has 0 radical (unpaired) electrons. The van der Waals surface area contributed by atoms with Gasteiger partial charge in [-0.15, -0.1) is 0 Å². The molecular formula is C10H12BrNO2. The van der Waals surface area contributed by atoms with Crippen molar-refractivity contribution in [3.05, 3.63) is 33.8 Å². The summed E-state index contributed by atoms with van der Waals surface area (Å²) in [5, 5.41) is 0. The number of methoxy groups -OCH3 is 1. The second kappa shape index (κ2) is 4.57. The lowest BCUT2D eigenvalue weighted by Gasteiger charge is -2.10. The summed E-state index contributed by atoms with van der Waals surface area (Å²) in [7, 11) is 1.32. The lowest BCUT2D eigenvalue weighted by molar-refractivity contribution is -0.142. The van der Waals surface area contributed by atoms with Gasteiger partial charge in [0, 0.05) is 4.47 Å². The van der Waals surface area contributed by atoms with E-state index in [1.165, 1.54) is 7.11 Å². The van der Waals surface area contributed by atoms with E-state index in [2.05, 4.69) is 20.7 Å². The molecule has 0 bridgehead atoms. The molecule has 0 aromatic heterocycles. The third-order valence-electron chi connectivity index (χ3n) is 2.01. The van der Waals surface area contributed by atoms with Crippen molar-refractivity contribution >= 4 is 21.9 Å². The minimum absolute atomic E-state index is 0.430. The van der Waals surface area contributed by atoms with E-state index < -0.39 is 12.0 Å². The van der Waals surface area contributed by atoms with Crippen molar-refractivity contribution in [3.63, 3.8) is 0 Å². The van der Waals surface area contributed by atoms with E-state index >= 15 is 0 Å². The molecule has 4 heteroatoms. The van der Waals surface area contributed by atoms with Gasteiger partial charge in [-0.2, -0.15) is 0 Å². The van der Waals surface area contributed by atoms with E-state index in [9.17, 15) is 4.79 Å². The molecule has 0 fully saturated rings. The standard InChI is InChI=1S/C10H12BrNO2/c1-6-3-4-7(5-8(6)11)9(12)10(13)14-2/h3-5,9H,12H2,1-2H3/t9-/m0/s1. The van der Waals surface area contributed by atoms with Gasteiger partial charge >= 0.3 is 5.97 Å². The summed E-state index contributed by atoms with van der Waals surface area (Å²) in [6.07, 6.45) is 0. The Bertz CT molecular complexity index is 352. The molecule has 0 aliphatic rings. The van der Waals surface area contributed by atoms with Gasteiger partial charge in [0.2, 0.25) is 0 Å². The number of ether oxygens (including phenoxy) is 1. The molecule has 0 saturated heterocycles. The molecule has 0 aliphatic carbocycles. The largest absolute Gasteiger partial charge is 0.468 e. The first kappa shape index (κ1) is 11.2. The molecule has 76 valence electrons. The van der Waals surface area contributed by atoms with E-state index in [1.807, 2.05) is 25.1 Å². The number of benzene rings is 1. The summed E-state index contributed by atoms with van der Waals surface area (Å²) in [6, 6.07) is 4.85. The summed E-state index contributed by atoms with van der Waals surface area (Å²) < 4.78 is 5.50. The number of hydrogen-bond acceptors (Lipinski definition) is 3. The zero-order valence-electron chi connectivity index (χ0n) is 8.08. The third kappa shape index (κ3) is 2.33. The maximum atomic E-state index is 11.1. The number of rotatable bonds is 2. The van der Waals surface area contributed by atoms with E-state index in [4.69, 9.17) is 5.73 Å². The van der Waals surface area contributed by atoms with Crippen LogP contribution in [0.2, 0.25) is 0 Å². The lowest BCUT2D eigenvalue weighted by Crippen LogP contribution is -2.22. The molecule has 1 aromatic carbocycles. The highest BCUT2D eigenvalue weighted by atomic mass is 79.9. The average Bonchev–Trinajstić information content (AvgIpc) is 2.20. The van der Waals surface area contributed by atoms with Crippen molar-refractivity contribution in [2.45, 2.75) is 13.0 Å². The summed E-state index contributed by atoms with van der Waals surface area (Å²) in [5.74, 6) is -0.430. The quantitative estimate of drug-likeness (QED) is 0.824. The number of carbonyl (C=O) groups is 1. The Morgan fingerprint density at radius 2 is 2.21 bits per heavy atom. The fourth-order valence-electron chi connectivity index (χ4n) is 1.07. The summed E-state index contributed by atoms with van der Waals surface area (Å²) >= 11 is 3.38. The second-order valence-corrected chi connectivity index (χ2v) is 3.86. The van der Waals surface area contributed by atoms with Crippen LogP contribution in [0, 0.1) is 6.92 Å². The predicted molar refractivity (Wildman–Crippen MR) is 57.8 cm³/mol. The Labute approximate surface area is 91.4 Å². The van der Waals surface area contributed by atoms with Gasteiger partial charge in [-0.1, -0.05) is 28.1 Å². The van der Waals surface area contributed by atoms with Crippen molar-refractivity contribution in [1.82, 2.24) is 0 Å². The van der Waals surface area contributed by atoms with Gasteiger partial charge in [-0.3, -0.25) is 4.79 Å². The van der Waals surface area contributed by atoms with E-state index in [-0.39, 0.29) is 0 Å². The van der Waals surface area contributed by atoms with Gasteiger partial charge in [0.25, 0.3) is 0 Å². The Morgan fingerprint density at radius 3 is 2.71 bits per heavy atom. The molecule has 14 heavy (non-hydrogen) atoms. The smallest absolute Gasteiger partial charge is 0.327 e. The third-order valence-corrected chi connectivity index (χ3v) is 2.86. The zero-order chi connectivity index (χ0) is 10.7. The highest BCUT2D eigenvalue weighted by Crippen LogP contribution is 2.21. The van der Waals surface area contributed by atoms with Crippen LogP contribution >= 0.6 is 15.9 Å². The molecule has 0 saturated carbocycles. The Kier molecular flexibility index (Phi) is 3.66. The first-order valence-electron chi connectivity index (χ1n) is 4.15. The molecule has 1 aromatic rings. The average molecular weight is 258 g/mol. The lowest BCUT2D eigenvalue weighted by atomic mass is 10.1. The molecular weight excluding hydrogens is 246 g/mol.